The van der Waals surface area contributed by atoms with Gasteiger partial charge in [-0.15, -0.1) is 11.6 Å². The van der Waals surface area contributed by atoms with Crippen LogP contribution in [0.3, 0.4) is 0 Å². The van der Waals surface area contributed by atoms with Crippen LogP contribution in [0.2, 0.25) is 0 Å². The average molecular weight is 318 g/mol. The van der Waals surface area contributed by atoms with E-state index in [4.69, 9.17) is 11.6 Å². The first-order valence-corrected chi connectivity index (χ1v) is 7.50. The van der Waals surface area contributed by atoms with Gasteiger partial charge in [0.1, 0.15) is 5.82 Å². The van der Waals surface area contributed by atoms with Crippen molar-refractivity contribution in [3.05, 3.63) is 22.3 Å². The molecule has 2 heterocycles. The first-order chi connectivity index (χ1) is 8.22. The second kappa shape index (κ2) is 6.05. The summed E-state index contributed by atoms with van der Waals surface area (Å²) in [5, 5.41) is 0. The third kappa shape index (κ3) is 3.14. The van der Waals surface area contributed by atoms with Crippen molar-refractivity contribution in [1.82, 2.24) is 4.98 Å². The van der Waals surface area contributed by atoms with E-state index in [9.17, 15) is 0 Å². The molecule has 0 radical (unpaired) electrons. The Morgan fingerprint density at radius 1 is 1.59 bits per heavy atom. The van der Waals surface area contributed by atoms with Crippen LogP contribution in [0.5, 0.6) is 0 Å². The summed E-state index contributed by atoms with van der Waals surface area (Å²) in [7, 11) is 0. The first kappa shape index (κ1) is 13.2. The van der Waals surface area contributed by atoms with E-state index >= 15 is 0 Å². The predicted molar refractivity (Wildman–Crippen MR) is 77.0 cm³/mol. The van der Waals surface area contributed by atoms with Gasteiger partial charge in [0.2, 0.25) is 0 Å². The lowest BCUT2D eigenvalue weighted by Crippen LogP contribution is -2.30. The average Bonchev–Trinajstić information content (AvgIpc) is 2.78. The molecule has 1 aliphatic heterocycles. The fraction of sp³-hybridized carbons (Fsp3) is 0.615. The zero-order valence-electron chi connectivity index (χ0n) is 10.1. The molecule has 0 bridgehead atoms. The van der Waals surface area contributed by atoms with Crippen molar-refractivity contribution in [3.63, 3.8) is 0 Å². The normalized spacial score (nSPS) is 19.9. The molecular weight excluding hydrogens is 300 g/mol. The SMILES string of the molecule is Cc1cc(N2CCCC2CCCCl)ncc1Br. The van der Waals surface area contributed by atoms with Gasteiger partial charge >= 0.3 is 0 Å². The summed E-state index contributed by atoms with van der Waals surface area (Å²) >= 11 is 9.28. The van der Waals surface area contributed by atoms with Crippen LogP contribution in [0.1, 0.15) is 31.2 Å². The van der Waals surface area contributed by atoms with Crippen molar-refractivity contribution >= 4 is 33.3 Å². The third-order valence-electron chi connectivity index (χ3n) is 3.37. The molecule has 2 nitrogen and oxygen atoms in total. The van der Waals surface area contributed by atoms with Crippen LogP contribution in [-0.4, -0.2) is 23.5 Å². The summed E-state index contributed by atoms with van der Waals surface area (Å²) in [6.07, 6.45) is 6.72. The molecule has 0 saturated carbocycles. The number of pyridine rings is 1. The van der Waals surface area contributed by atoms with Crippen LogP contribution in [-0.2, 0) is 0 Å². The molecule has 2 rings (SSSR count). The third-order valence-corrected chi connectivity index (χ3v) is 4.47. The molecule has 0 aromatic carbocycles. The highest BCUT2D eigenvalue weighted by molar-refractivity contribution is 9.10. The van der Waals surface area contributed by atoms with Crippen LogP contribution in [0.25, 0.3) is 0 Å². The molecule has 0 N–H and O–H groups in total. The molecule has 17 heavy (non-hydrogen) atoms. The van der Waals surface area contributed by atoms with E-state index < -0.39 is 0 Å². The molecule has 0 spiro atoms. The van der Waals surface area contributed by atoms with Crippen LogP contribution in [0.15, 0.2) is 16.7 Å². The number of rotatable bonds is 4. The van der Waals surface area contributed by atoms with Crippen LogP contribution < -0.4 is 4.90 Å². The van der Waals surface area contributed by atoms with Gasteiger partial charge in [-0.2, -0.15) is 0 Å². The minimum absolute atomic E-state index is 0.627. The number of aromatic nitrogens is 1. The van der Waals surface area contributed by atoms with Crippen molar-refractivity contribution in [3.8, 4) is 0 Å². The Morgan fingerprint density at radius 3 is 3.12 bits per heavy atom. The second-order valence-corrected chi connectivity index (χ2v) is 5.84. The van der Waals surface area contributed by atoms with Gasteiger partial charge in [0.05, 0.1) is 0 Å². The molecule has 1 aliphatic rings. The summed E-state index contributed by atoms with van der Waals surface area (Å²) in [6.45, 7) is 3.24. The van der Waals surface area contributed by atoms with E-state index in [0.717, 1.165) is 29.1 Å². The maximum absolute atomic E-state index is 5.78. The van der Waals surface area contributed by atoms with Gasteiger partial charge < -0.3 is 4.90 Å². The number of halogens is 2. The minimum atomic E-state index is 0.627. The van der Waals surface area contributed by atoms with Gasteiger partial charge in [-0.3, -0.25) is 0 Å². The Bertz CT molecular complexity index is 384. The molecular formula is C13H18BrClN2. The Labute approximate surface area is 116 Å². The van der Waals surface area contributed by atoms with Gasteiger partial charge in [0.15, 0.2) is 0 Å². The Kier molecular flexibility index (Phi) is 4.69. The van der Waals surface area contributed by atoms with Crippen molar-refractivity contribution in [2.45, 2.75) is 38.6 Å². The van der Waals surface area contributed by atoms with Crippen LogP contribution >= 0.6 is 27.5 Å². The number of nitrogens with zero attached hydrogens (tertiary/aromatic N) is 2. The van der Waals surface area contributed by atoms with Crippen molar-refractivity contribution < 1.29 is 0 Å². The minimum Gasteiger partial charge on any atom is -0.354 e. The first-order valence-electron chi connectivity index (χ1n) is 6.17. The monoisotopic (exact) mass is 316 g/mol. The maximum atomic E-state index is 5.78. The fourth-order valence-electron chi connectivity index (χ4n) is 2.43. The molecule has 0 amide bonds. The highest BCUT2D eigenvalue weighted by Crippen LogP contribution is 2.28. The van der Waals surface area contributed by atoms with Gasteiger partial charge in [-0.05, 0) is 60.2 Å². The highest BCUT2D eigenvalue weighted by Gasteiger charge is 2.25. The number of hydrogen-bond donors (Lipinski definition) is 0. The molecule has 4 heteroatoms. The maximum Gasteiger partial charge on any atom is 0.129 e. The van der Waals surface area contributed by atoms with E-state index in [2.05, 4.69) is 38.8 Å². The molecule has 1 unspecified atom stereocenters. The Hall–Kier alpha value is -0.280. The number of hydrogen-bond acceptors (Lipinski definition) is 2. The lowest BCUT2D eigenvalue weighted by atomic mass is 10.1. The van der Waals surface area contributed by atoms with Crippen molar-refractivity contribution in [1.29, 1.82) is 0 Å². The lowest BCUT2D eigenvalue weighted by Gasteiger charge is -2.26. The van der Waals surface area contributed by atoms with E-state index in [1.165, 1.54) is 24.8 Å². The quantitative estimate of drug-likeness (QED) is 0.776. The van der Waals surface area contributed by atoms with Crippen molar-refractivity contribution in [2.24, 2.45) is 0 Å². The zero-order valence-corrected chi connectivity index (χ0v) is 12.5. The molecule has 0 aliphatic carbocycles. The standard InChI is InChI=1S/C13H18BrClN2/c1-10-8-13(16-9-12(10)14)17-7-3-5-11(17)4-2-6-15/h8-9,11H,2-7H2,1H3. The summed E-state index contributed by atoms with van der Waals surface area (Å²) in [5.41, 5.74) is 1.25. The summed E-state index contributed by atoms with van der Waals surface area (Å²) in [5.74, 6) is 1.87. The summed E-state index contributed by atoms with van der Waals surface area (Å²) < 4.78 is 1.08. The number of aryl methyl sites for hydroxylation is 1. The smallest absolute Gasteiger partial charge is 0.129 e. The highest BCUT2D eigenvalue weighted by atomic mass is 79.9. The van der Waals surface area contributed by atoms with E-state index in [0.29, 0.717) is 6.04 Å². The molecule has 1 aromatic heterocycles. The molecule has 94 valence electrons. The topological polar surface area (TPSA) is 16.1 Å². The zero-order chi connectivity index (χ0) is 12.3. The van der Waals surface area contributed by atoms with Gasteiger partial charge in [-0.25, -0.2) is 4.98 Å². The number of anilines is 1. The summed E-state index contributed by atoms with van der Waals surface area (Å²) in [4.78, 5) is 6.96. The molecule has 1 atom stereocenters. The molecule has 1 saturated heterocycles. The van der Waals surface area contributed by atoms with Crippen molar-refractivity contribution in [2.75, 3.05) is 17.3 Å². The number of alkyl halides is 1. The van der Waals surface area contributed by atoms with Gasteiger partial charge in [-0.1, -0.05) is 0 Å². The molecule has 1 aromatic rings. The second-order valence-electron chi connectivity index (χ2n) is 4.61. The lowest BCUT2D eigenvalue weighted by molar-refractivity contribution is 0.598. The van der Waals surface area contributed by atoms with E-state index in [1.54, 1.807) is 0 Å². The van der Waals surface area contributed by atoms with E-state index in [1.807, 2.05) is 6.20 Å². The van der Waals surface area contributed by atoms with Crippen LogP contribution in [0, 0.1) is 6.92 Å². The summed E-state index contributed by atoms with van der Waals surface area (Å²) in [6, 6.07) is 2.80. The van der Waals surface area contributed by atoms with Gasteiger partial charge in [0, 0.05) is 29.1 Å². The van der Waals surface area contributed by atoms with Gasteiger partial charge in [0.25, 0.3) is 0 Å². The Balaban J connectivity index is 2.11. The molecule has 1 fully saturated rings. The Morgan fingerprint density at radius 2 is 2.41 bits per heavy atom. The predicted octanol–water partition coefficient (Wildman–Crippen LogP) is 4.14. The van der Waals surface area contributed by atoms with E-state index in [-0.39, 0.29) is 0 Å². The fourth-order valence-corrected chi connectivity index (χ4v) is 2.80. The van der Waals surface area contributed by atoms with Crippen LogP contribution in [0.4, 0.5) is 5.82 Å². The largest absolute Gasteiger partial charge is 0.354 e.